The van der Waals surface area contributed by atoms with Gasteiger partial charge < -0.3 is 10.5 Å². The summed E-state index contributed by atoms with van der Waals surface area (Å²) >= 11 is 0. The highest BCUT2D eigenvalue weighted by Gasteiger charge is 1.94. The van der Waals surface area contributed by atoms with Crippen molar-refractivity contribution < 1.29 is 9.53 Å². The molecular formula is C2H7N3O2. The second-order valence-electron chi connectivity index (χ2n) is 0.902. The summed E-state index contributed by atoms with van der Waals surface area (Å²) in [6.07, 6.45) is -2.06. The first-order chi connectivity index (χ1) is 3.13. The largest absolute Gasteiger partial charge is 0.417 e. The quantitative estimate of drug-likeness (QED) is 0.345. The molecule has 0 aliphatic heterocycles. The van der Waals surface area contributed by atoms with E-state index >= 15 is 0 Å². The number of carbonyl (C=O) groups is 1. The molecule has 0 aromatic carbocycles. The lowest BCUT2D eigenvalue weighted by Crippen LogP contribution is -2.37. The maximum absolute atomic E-state index is 9.65. The zero-order valence-corrected chi connectivity index (χ0v) is 3.63. The van der Waals surface area contributed by atoms with Crippen molar-refractivity contribution in [1.29, 1.82) is 0 Å². The molecule has 0 bridgehead atoms. The molecule has 0 fully saturated rings. The van der Waals surface area contributed by atoms with Gasteiger partial charge in [0.15, 0.2) is 0 Å². The van der Waals surface area contributed by atoms with Gasteiger partial charge in [-0.05, 0) is 0 Å². The highest BCUT2D eigenvalue weighted by Crippen LogP contribution is 1.68. The van der Waals surface area contributed by atoms with Crippen LogP contribution in [0.25, 0.3) is 0 Å². The van der Waals surface area contributed by atoms with Gasteiger partial charge in [0.2, 0.25) is 6.35 Å². The number of hydrogen-bond acceptors (Lipinski definition) is 4. The minimum Gasteiger partial charge on any atom is -0.417 e. The van der Waals surface area contributed by atoms with Gasteiger partial charge in [-0.3, -0.25) is 11.5 Å². The Balaban J connectivity index is 3.13. The average molecular weight is 105 g/mol. The molecule has 0 aliphatic carbocycles. The molecule has 6 N–H and O–H groups in total. The third-order valence-electron chi connectivity index (χ3n) is 0.252. The molecule has 5 heteroatoms. The minimum absolute atomic E-state index is 0.963. The number of nitrogens with two attached hydrogens (primary N) is 3. The summed E-state index contributed by atoms with van der Waals surface area (Å²) in [5, 5.41) is 0. The molecule has 0 unspecified atom stereocenters. The van der Waals surface area contributed by atoms with Crippen molar-refractivity contribution >= 4 is 6.09 Å². The molecule has 0 aliphatic rings. The standard InChI is InChI=1S/C2H7N3O2/c3-1(4)7-2(5)6/h1H,3-4H2,(H2,5,6). The number of primary amides is 1. The predicted octanol–water partition coefficient (Wildman–Crippen LogP) is -1.72. The van der Waals surface area contributed by atoms with Crippen LogP contribution in [-0.2, 0) is 4.74 Å². The van der Waals surface area contributed by atoms with E-state index in [4.69, 9.17) is 11.5 Å². The predicted molar refractivity (Wildman–Crippen MR) is 22.8 cm³/mol. The van der Waals surface area contributed by atoms with Crippen LogP contribution in [0.5, 0.6) is 0 Å². The molecule has 5 nitrogen and oxygen atoms in total. The average Bonchev–Trinajstić information content (AvgIpc) is 1.27. The maximum Gasteiger partial charge on any atom is 0.407 e. The Morgan fingerprint density at radius 3 is 2.00 bits per heavy atom. The minimum atomic E-state index is -1.10. The number of rotatable bonds is 1. The van der Waals surface area contributed by atoms with Crippen LogP contribution in [0.1, 0.15) is 0 Å². The highest BCUT2D eigenvalue weighted by atomic mass is 16.6. The van der Waals surface area contributed by atoms with Gasteiger partial charge in [0.25, 0.3) is 0 Å². The molecule has 1 amide bonds. The topological polar surface area (TPSA) is 104 Å². The SMILES string of the molecule is NC(=O)OC(N)N. The summed E-state index contributed by atoms with van der Waals surface area (Å²) in [7, 11) is 0. The number of hydrogen-bond donors (Lipinski definition) is 3. The summed E-state index contributed by atoms with van der Waals surface area (Å²) in [6, 6.07) is 0. The van der Waals surface area contributed by atoms with Crippen molar-refractivity contribution in [2.24, 2.45) is 17.2 Å². The lowest BCUT2D eigenvalue weighted by Gasteiger charge is -2.01. The van der Waals surface area contributed by atoms with Crippen LogP contribution in [0.2, 0.25) is 0 Å². The van der Waals surface area contributed by atoms with Crippen LogP contribution >= 0.6 is 0 Å². The Kier molecular flexibility index (Phi) is 2.10. The van der Waals surface area contributed by atoms with Crippen molar-refractivity contribution in [2.45, 2.75) is 6.35 Å². The highest BCUT2D eigenvalue weighted by molar-refractivity contribution is 5.64. The summed E-state index contributed by atoms with van der Waals surface area (Å²) < 4.78 is 3.94. The molecule has 42 valence electrons. The number of amides is 1. The van der Waals surface area contributed by atoms with E-state index < -0.39 is 12.4 Å². The van der Waals surface area contributed by atoms with Gasteiger partial charge in [-0.15, -0.1) is 0 Å². The summed E-state index contributed by atoms with van der Waals surface area (Å²) in [4.78, 5) is 9.65. The molecule has 0 saturated heterocycles. The molecule has 0 atom stereocenters. The number of carbonyl (C=O) groups excluding carboxylic acids is 1. The molecule has 0 aromatic rings. The molecule has 0 aromatic heterocycles. The smallest absolute Gasteiger partial charge is 0.407 e. The van der Waals surface area contributed by atoms with Crippen LogP contribution in [0.4, 0.5) is 4.79 Å². The van der Waals surface area contributed by atoms with E-state index in [-0.39, 0.29) is 0 Å². The van der Waals surface area contributed by atoms with Crippen molar-refractivity contribution in [3.05, 3.63) is 0 Å². The molecular weight excluding hydrogens is 98.0 g/mol. The molecule has 7 heavy (non-hydrogen) atoms. The van der Waals surface area contributed by atoms with Crippen molar-refractivity contribution in [3.8, 4) is 0 Å². The Bertz CT molecular complexity index is 71.3. The Labute approximate surface area is 40.4 Å². The second kappa shape index (κ2) is 2.38. The summed E-state index contributed by atoms with van der Waals surface area (Å²) in [5.74, 6) is 0. The normalized spacial score (nSPS) is 9.00. The first-order valence-electron chi connectivity index (χ1n) is 1.60. The van der Waals surface area contributed by atoms with Gasteiger partial charge in [-0.2, -0.15) is 0 Å². The Morgan fingerprint density at radius 2 is 2.00 bits per heavy atom. The fraction of sp³-hybridized carbons (Fsp3) is 0.500. The molecule has 0 heterocycles. The van der Waals surface area contributed by atoms with E-state index in [2.05, 4.69) is 10.5 Å². The third kappa shape index (κ3) is 5.19. The zero-order chi connectivity index (χ0) is 5.86. The van der Waals surface area contributed by atoms with E-state index in [0.717, 1.165) is 0 Å². The van der Waals surface area contributed by atoms with Crippen molar-refractivity contribution in [2.75, 3.05) is 0 Å². The zero-order valence-electron chi connectivity index (χ0n) is 3.63. The van der Waals surface area contributed by atoms with Crippen LogP contribution in [0, 0.1) is 0 Å². The van der Waals surface area contributed by atoms with E-state index in [0.29, 0.717) is 0 Å². The molecule has 0 spiro atoms. The van der Waals surface area contributed by atoms with Crippen LogP contribution in [-0.4, -0.2) is 12.4 Å². The first-order valence-corrected chi connectivity index (χ1v) is 1.60. The van der Waals surface area contributed by atoms with Gasteiger partial charge in [-0.25, -0.2) is 4.79 Å². The summed E-state index contributed by atoms with van der Waals surface area (Å²) in [6.45, 7) is 0. The van der Waals surface area contributed by atoms with E-state index in [1.54, 1.807) is 0 Å². The van der Waals surface area contributed by atoms with Gasteiger partial charge in [0, 0.05) is 0 Å². The van der Waals surface area contributed by atoms with Crippen LogP contribution in [0.3, 0.4) is 0 Å². The lowest BCUT2D eigenvalue weighted by molar-refractivity contribution is 0.113. The van der Waals surface area contributed by atoms with Gasteiger partial charge in [0.1, 0.15) is 0 Å². The van der Waals surface area contributed by atoms with E-state index in [1.807, 2.05) is 0 Å². The first kappa shape index (κ1) is 6.19. The maximum atomic E-state index is 9.65. The molecule has 0 rings (SSSR count). The third-order valence-corrected chi connectivity index (χ3v) is 0.252. The van der Waals surface area contributed by atoms with Crippen LogP contribution < -0.4 is 17.2 Å². The molecule has 0 saturated carbocycles. The Hall–Kier alpha value is -0.810. The van der Waals surface area contributed by atoms with Gasteiger partial charge >= 0.3 is 6.09 Å². The van der Waals surface area contributed by atoms with Crippen molar-refractivity contribution in [1.82, 2.24) is 0 Å². The van der Waals surface area contributed by atoms with Crippen molar-refractivity contribution in [3.63, 3.8) is 0 Å². The second-order valence-corrected chi connectivity index (χ2v) is 0.902. The monoisotopic (exact) mass is 105 g/mol. The van der Waals surface area contributed by atoms with E-state index in [9.17, 15) is 4.79 Å². The lowest BCUT2D eigenvalue weighted by atomic mass is 11.0. The Morgan fingerprint density at radius 1 is 1.57 bits per heavy atom. The number of ether oxygens (including phenoxy) is 1. The fourth-order valence-corrected chi connectivity index (χ4v) is 0.134. The van der Waals surface area contributed by atoms with Gasteiger partial charge in [-0.1, -0.05) is 0 Å². The van der Waals surface area contributed by atoms with E-state index in [1.165, 1.54) is 0 Å². The summed E-state index contributed by atoms with van der Waals surface area (Å²) in [5.41, 5.74) is 14.0. The van der Waals surface area contributed by atoms with Crippen LogP contribution in [0.15, 0.2) is 0 Å². The van der Waals surface area contributed by atoms with Gasteiger partial charge in [0.05, 0.1) is 0 Å². The fourth-order valence-electron chi connectivity index (χ4n) is 0.134. The molecule has 0 radical (unpaired) electrons.